The van der Waals surface area contributed by atoms with Crippen LogP contribution >= 0.6 is 21.6 Å². The lowest BCUT2D eigenvalue weighted by Gasteiger charge is -2.23. The first kappa shape index (κ1) is 33.5. The summed E-state index contributed by atoms with van der Waals surface area (Å²) in [4.78, 5) is 24.2. The molecule has 10 heteroatoms. The van der Waals surface area contributed by atoms with Crippen LogP contribution in [0.25, 0.3) is 0 Å². The molecule has 0 heterocycles. The molecule has 202 valence electrons. The van der Waals surface area contributed by atoms with Gasteiger partial charge in [0, 0.05) is 24.6 Å². The van der Waals surface area contributed by atoms with Crippen LogP contribution in [-0.2, 0) is 9.59 Å². The number of nitrogens with zero attached hydrogens (tertiary/aromatic N) is 2. The number of carbonyl (C=O) groups excluding carboxylic acids is 2. The van der Waals surface area contributed by atoms with E-state index < -0.39 is 12.1 Å². The van der Waals surface area contributed by atoms with Crippen molar-refractivity contribution < 1.29 is 18.6 Å². The molecule has 0 rings (SSSR count). The summed E-state index contributed by atoms with van der Waals surface area (Å²) in [6.45, 7) is 3.70. The van der Waals surface area contributed by atoms with Gasteiger partial charge in [0.1, 0.15) is 0 Å². The van der Waals surface area contributed by atoms with Crippen molar-refractivity contribution >= 4 is 33.4 Å². The zero-order valence-corrected chi connectivity index (χ0v) is 24.4. The van der Waals surface area contributed by atoms with E-state index in [1.54, 1.807) is 0 Å². The molecule has 0 aliphatic heterocycles. The predicted octanol–water partition coefficient (Wildman–Crippen LogP) is 1.79. The van der Waals surface area contributed by atoms with Crippen LogP contribution in [0.3, 0.4) is 0 Å². The van der Waals surface area contributed by atoms with Crippen LogP contribution in [0.1, 0.15) is 51.4 Å². The van der Waals surface area contributed by atoms with E-state index in [1.165, 1.54) is 60.4 Å². The molecular weight excluding hydrogens is 468 g/mol. The average molecular weight is 523 g/mol. The van der Waals surface area contributed by atoms with Gasteiger partial charge in [0.2, 0.25) is 11.8 Å². The largest absolute Gasteiger partial charge is 0.355 e. The maximum Gasteiger partial charge on any atom is 0.237 e. The molecule has 0 saturated heterocycles. The molecule has 0 fully saturated rings. The van der Waals surface area contributed by atoms with Gasteiger partial charge < -0.3 is 31.1 Å². The molecule has 0 aromatic heterocycles. The molecule has 0 aromatic rings. The maximum absolute atomic E-state index is 12.1. The average Bonchev–Trinajstić information content (AvgIpc) is 2.73. The lowest BCUT2D eigenvalue weighted by molar-refractivity contribution is -0.870. The number of quaternary nitrogens is 2. The van der Waals surface area contributed by atoms with Gasteiger partial charge >= 0.3 is 0 Å². The lowest BCUT2D eigenvalue weighted by Crippen LogP contribution is -2.43. The third-order valence-corrected chi connectivity index (χ3v) is 7.84. The van der Waals surface area contributed by atoms with Crippen molar-refractivity contribution in [3.8, 4) is 0 Å². The molecule has 0 spiro atoms. The molecule has 34 heavy (non-hydrogen) atoms. The number of amides is 2. The van der Waals surface area contributed by atoms with Crippen molar-refractivity contribution in [2.24, 2.45) is 11.5 Å². The van der Waals surface area contributed by atoms with Gasteiger partial charge in [-0.25, -0.2) is 0 Å². The highest BCUT2D eigenvalue weighted by Gasteiger charge is 2.16. The van der Waals surface area contributed by atoms with Gasteiger partial charge in [0.15, 0.2) is 0 Å². The quantitative estimate of drug-likeness (QED) is 0.104. The Morgan fingerprint density at radius 3 is 1.26 bits per heavy atom. The minimum absolute atomic E-state index is 0.108. The minimum Gasteiger partial charge on any atom is -0.355 e. The number of unbranched alkanes of at least 4 members (excludes halogenated alkanes) is 6. The Balaban J connectivity index is 3.68. The standard InChI is InChI=1S/C24H52N6O2S2/c1-29(2,3)17-13-9-7-11-15-27-23(31)21(25)19-33-34-20-22(26)24(32)28-16-12-8-10-14-18-30(4,5)6/h21-22H,7-20,25-26H2,1-6H3/p+2. The van der Waals surface area contributed by atoms with Gasteiger partial charge in [-0.1, -0.05) is 34.4 Å². The first-order valence-corrected chi connectivity index (χ1v) is 15.2. The fourth-order valence-corrected chi connectivity index (χ4v) is 5.45. The fourth-order valence-electron chi connectivity index (χ4n) is 3.21. The second-order valence-corrected chi connectivity index (χ2v) is 13.8. The van der Waals surface area contributed by atoms with Gasteiger partial charge in [-0.3, -0.25) is 9.59 Å². The minimum atomic E-state index is -0.544. The van der Waals surface area contributed by atoms with Gasteiger partial charge in [-0.05, 0) is 38.5 Å². The topological polar surface area (TPSA) is 110 Å². The smallest absolute Gasteiger partial charge is 0.237 e. The third kappa shape index (κ3) is 22.0. The summed E-state index contributed by atoms with van der Waals surface area (Å²) >= 11 is 0. The number of hydrogen-bond acceptors (Lipinski definition) is 6. The Morgan fingerprint density at radius 1 is 0.618 bits per heavy atom. The summed E-state index contributed by atoms with van der Waals surface area (Å²) < 4.78 is 1.99. The number of carbonyl (C=O) groups is 2. The molecule has 0 aliphatic carbocycles. The Labute approximate surface area is 217 Å². The van der Waals surface area contributed by atoms with Gasteiger partial charge in [-0.15, -0.1) is 0 Å². The number of rotatable bonds is 21. The highest BCUT2D eigenvalue weighted by Crippen LogP contribution is 2.22. The highest BCUT2D eigenvalue weighted by molar-refractivity contribution is 8.76. The summed E-state index contributed by atoms with van der Waals surface area (Å²) in [7, 11) is 16.2. The van der Waals surface area contributed by atoms with Crippen molar-refractivity contribution in [3.05, 3.63) is 0 Å². The Hall–Kier alpha value is -0.520. The molecule has 8 nitrogen and oxygen atoms in total. The monoisotopic (exact) mass is 522 g/mol. The van der Waals surface area contributed by atoms with E-state index >= 15 is 0 Å². The van der Waals surface area contributed by atoms with Crippen LogP contribution in [0.15, 0.2) is 0 Å². The van der Waals surface area contributed by atoms with Gasteiger partial charge in [0.25, 0.3) is 0 Å². The summed E-state index contributed by atoms with van der Waals surface area (Å²) in [6, 6.07) is -1.09. The highest BCUT2D eigenvalue weighted by atomic mass is 33.1. The molecule has 0 bridgehead atoms. The molecule has 6 N–H and O–H groups in total. The zero-order chi connectivity index (χ0) is 26.0. The van der Waals surface area contributed by atoms with Crippen molar-refractivity contribution in [2.45, 2.75) is 63.5 Å². The number of nitrogens with two attached hydrogens (primary N) is 2. The summed E-state index contributed by atoms with van der Waals surface area (Å²) in [5.41, 5.74) is 12.0. The van der Waals surface area contributed by atoms with Crippen molar-refractivity contribution in [1.29, 1.82) is 0 Å². The first-order valence-electron chi connectivity index (χ1n) is 12.7. The molecule has 0 radical (unpaired) electrons. The molecule has 0 aromatic carbocycles. The van der Waals surface area contributed by atoms with Crippen LogP contribution in [0.4, 0.5) is 0 Å². The number of hydrogen-bond donors (Lipinski definition) is 4. The molecule has 0 saturated carbocycles. The van der Waals surface area contributed by atoms with E-state index in [0.717, 1.165) is 34.6 Å². The van der Waals surface area contributed by atoms with E-state index in [0.29, 0.717) is 24.6 Å². The predicted molar refractivity (Wildman–Crippen MR) is 150 cm³/mol. The zero-order valence-electron chi connectivity index (χ0n) is 22.7. The van der Waals surface area contributed by atoms with Crippen LogP contribution in [0.5, 0.6) is 0 Å². The van der Waals surface area contributed by atoms with E-state index in [2.05, 4.69) is 52.9 Å². The van der Waals surface area contributed by atoms with Gasteiger partial charge in [-0.2, -0.15) is 0 Å². The Kier molecular flexibility index (Phi) is 18.4. The molecule has 2 amide bonds. The van der Waals surface area contributed by atoms with Gasteiger partial charge in [0.05, 0.1) is 67.5 Å². The Bertz CT molecular complexity index is 505. The summed E-state index contributed by atoms with van der Waals surface area (Å²) in [6.07, 6.45) is 9.01. The lowest BCUT2D eigenvalue weighted by atomic mass is 10.2. The molecule has 2 unspecified atom stereocenters. The Morgan fingerprint density at radius 2 is 0.941 bits per heavy atom. The summed E-state index contributed by atoms with van der Waals surface area (Å²) in [5.74, 6) is 0.786. The molecule has 0 aliphatic rings. The molecule has 2 atom stereocenters. The second kappa shape index (κ2) is 18.7. The van der Waals surface area contributed by atoms with Crippen molar-refractivity contribution in [1.82, 2.24) is 10.6 Å². The van der Waals surface area contributed by atoms with Crippen molar-refractivity contribution in [2.75, 3.05) is 80.0 Å². The SMILES string of the molecule is C[N+](C)(C)CCCCCCNC(=O)C(N)CSSCC(N)C(=O)NCCCCCC[N+](C)(C)C. The number of nitrogens with one attached hydrogen (secondary N) is 2. The van der Waals surface area contributed by atoms with Crippen LogP contribution in [0, 0.1) is 0 Å². The second-order valence-electron chi connectivity index (χ2n) is 11.2. The van der Waals surface area contributed by atoms with E-state index in [9.17, 15) is 9.59 Å². The van der Waals surface area contributed by atoms with Crippen LogP contribution < -0.4 is 22.1 Å². The van der Waals surface area contributed by atoms with E-state index in [1.807, 2.05) is 0 Å². The first-order chi connectivity index (χ1) is 15.8. The normalized spacial score (nSPS) is 14.0. The third-order valence-electron chi connectivity index (χ3n) is 5.36. The van der Waals surface area contributed by atoms with Crippen LogP contribution in [0.2, 0.25) is 0 Å². The summed E-state index contributed by atoms with van der Waals surface area (Å²) in [5, 5.41) is 5.85. The van der Waals surface area contributed by atoms with Crippen LogP contribution in [-0.4, -0.2) is 113 Å². The fraction of sp³-hybridized carbons (Fsp3) is 0.917. The van der Waals surface area contributed by atoms with E-state index in [4.69, 9.17) is 11.5 Å². The van der Waals surface area contributed by atoms with E-state index in [-0.39, 0.29) is 11.8 Å². The van der Waals surface area contributed by atoms with Crippen molar-refractivity contribution in [3.63, 3.8) is 0 Å². The maximum atomic E-state index is 12.1. The molecular formula is C24H54N6O2S2+2.